The van der Waals surface area contributed by atoms with Crippen LogP contribution in [0.3, 0.4) is 0 Å². The Balaban J connectivity index is 1.67. The Morgan fingerprint density at radius 3 is 2.68 bits per heavy atom. The molecule has 0 aliphatic rings. The molecule has 1 N–H and O–H groups in total. The number of para-hydroxylation sites is 2. The first-order valence-electron chi connectivity index (χ1n) is 6.16. The average Bonchev–Trinajstić information content (AvgIpc) is 2.84. The molecular weight excluding hydrogens is 304 g/mol. The van der Waals surface area contributed by atoms with Gasteiger partial charge in [0.25, 0.3) is 0 Å². The van der Waals surface area contributed by atoms with Crippen LogP contribution in [0.25, 0.3) is 11.1 Å². The van der Waals surface area contributed by atoms with E-state index in [0.29, 0.717) is 0 Å². The van der Waals surface area contributed by atoms with Crippen molar-refractivity contribution >= 4 is 32.7 Å². The molecule has 0 aliphatic heterocycles. The van der Waals surface area contributed by atoms with Gasteiger partial charge in [-0.15, -0.1) is 0 Å². The number of nitrogens with zero attached hydrogens (tertiary/aromatic N) is 1. The molecule has 0 amide bonds. The minimum absolute atomic E-state index is 0.755. The van der Waals surface area contributed by atoms with Gasteiger partial charge in [-0.1, -0.05) is 24.3 Å². The van der Waals surface area contributed by atoms with Crippen LogP contribution in [0.2, 0.25) is 0 Å². The number of hydrogen-bond acceptors (Lipinski definition) is 3. The van der Waals surface area contributed by atoms with E-state index in [4.69, 9.17) is 4.42 Å². The number of oxazole rings is 1. The molecule has 0 atom stereocenters. The smallest absolute Gasteiger partial charge is 0.197 e. The quantitative estimate of drug-likeness (QED) is 0.782. The monoisotopic (exact) mass is 316 g/mol. The highest BCUT2D eigenvalue weighted by Gasteiger charge is 2.07. The molecule has 0 unspecified atom stereocenters. The molecule has 0 saturated heterocycles. The largest absolute Gasteiger partial charge is 0.439 e. The summed E-state index contributed by atoms with van der Waals surface area (Å²) in [5.41, 5.74) is 2.82. The number of nitrogens with one attached hydrogen (secondary N) is 1. The van der Waals surface area contributed by atoms with Crippen molar-refractivity contribution in [3.63, 3.8) is 0 Å². The molecule has 96 valence electrons. The second-order valence-corrected chi connectivity index (χ2v) is 5.09. The molecule has 0 saturated carbocycles. The molecule has 0 bridgehead atoms. The van der Waals surface area contributed by atoms with Gasteiger partial charge in [0.15, 0.2) is 11.5 Å². The number of fused-ring (bicyclic) bond motifs is 1. The molecule has 0 spiro atoms. The molecule has 1 aromatic heterocycles. The molecule has 2 aromatic carbocycles. The van der Waals surface area contributed by atoms with Crippen molar-refractivity contribution in [2.75, 3.05) is 11.9 Å². The van der Waals surface area contributed by atoms with Crippen LogP contribution in [0, 0.1) is 0 Å². The highest BCUT2D eigenvalue weighted by atomic mass is 79.9. The topological polar surface area (TPSA) is 38.1 Å². The average molecular weight is 317 g/mol. The fourth-order valence-corrected chi connectivity index (χ4v) is 2.37. The minimum Gasteiger partial charge on any atom is -0.439 e. The van der Waals surface area contributed by atoms with Gasteiger partial charge in [0.1, 0.15) is 5.52 Å². The Kier molecular flexibility index (Phi) is 3.51. The van der Waals surface area contributed by atoms with Gasteiger partial charge in [-0.25, -0.2) is 4.98 Å². The second-order valence-electron chi connectivity index (χ2n) is 4.24. The number of hydrogen-bond donors (Lipinski definition) is 1. The maximum atomic E-state index is 5.74. The molecule has 19 heavy (non-hydrogen) atoms. The number of aromatic nitrogens is 1. The van der Waals surface area contributed by atoms with Crippen LogP contribution in [-0.2, 0) is 6.42 Å². The summed E-state index contributed by atoms with van der Waals surface area (Å²) in [6.45, 7) is 0.800. The van der Waals surface area contributed by atoms with Crippen molar-refractivity contribution < 1.29 is 4.42 Å². The summed E-state index contributed by atoms with van der Waals surface area (Å²) in [4.78, 5) is 4.47. The van der Waals surface area contributed by atoms with Crippen molar-refractivity contribution in [2.45, 2.75) is 6.42 Å². The number of anilines is 1. The van der Waals surface area contributed by atoms with Crippen LogP contribution in [0.15, 0.2) is 57.4 Å². The predicted octanol–water partition coefficient (Wildman–Crippen LogP) is 4.24. The van der Waals surface area contributed by atoms with Crippen molar-refractivity contribution in [1.82, 2.24) is 4.98 Å². The molecule has 3 rings (SSSR count). The van der Waals surface area contributed by atoms with Gasteiger partial charge < -0.3 is 9.73 Å². The zero-order chi connectivity index (χ0) is 13.1. The van der Waals surface area contributed by atoms with Crippen molar-refractivity contribution in [3.8, 4) is 0 Å². The Morgan fingerprint density at radius 2 is 1.89 bits per heavy atom. The summed E-state index contributed by atoms with van der Waals surface area (Å²) in [5, 5.41) is 3.34. The van der Waals surface area contributed by atoms with Crippen LogP contribution in [0.1, 0.15) is 5.89 Å². The van der Waals surface area contributed by atoms with Crippen molar-refractivity contribution in [2.24, 2.45) is 0 Å². The first-order valence-corrected chi connectivity index (χ1v) is 6.95. The van der Waals surface area contributed by atoms with Crippen LogP contribution in [0.4, 0.5) is 5.69 Å². The van der Waals surface area contributed by atoms with Gasteiger partial charge in [-0.2, -0.15) is 0 Å². The van der Waals surface area contributed by atoms with E-state index in [9.17, 15) is 0 Å². The third-order valence-corrected chi connectivity index (χ3v) is 3.48. The second kappa shape index (κ2) is 5.45. The molecular formula is C15H13BrN2O. The zero-order valence-corrected chi connectivity index (χ0v) is 11.9. The van der Waals surface area contributed by atoms with E-state index in [1.165, 1.54) is 0 Å². The Hall–Kier alpha value is -1.81. The van der Waals surface area contributed by atoms with E-state index in [-0.39, 0.29) is 0 Å². The van der Waals surface area contributed by atoms with Crippen LogP contribution in [0.5, 0.6) is 0 Å². The van der Waals surface area contributed by atoms with E-state index < -0.39 is 0 Å². The highest BCUT2D eigenvalue weighted by molar-refractivity contribution is 9.10. The van der Waals surface area contributed by atoms with Crippen LogP contribution < -0.4 is 5.32 Å². The van der Waals surface area contributed by atoms with Crippen LogP contribution >= 0.6 is 15.9 Å². The van der Waals surface area contributed by atoms with E-state index in [0.717, 1.165) is 40.1 Å². The molecule has 0 aliphatic carbocycles. The van der Waals surface area contributed by atoms with Gasteiger partial charge >= 0.3 is 0 Å². The lowest BCUT2D eigenvalue weighted by Crippen LogP contribution is -2.04. The maximum Gasteiger partial charge on any atom is 0.197 e. The third-order valence-electron chi connectivity index (χ3n) is 2.85. The van der Waals surface area contributed by atoms with E-state index in [1.807, 2.05) is 48.5 Å². The fourth-order valence-electron chi connectivity index (χ4n) is 1.94. The van der Waals surface area contributed by atoms with E-state index >= 15 is 0 Å². The Labute approximate surface area is 119 Å². The lowest BCUT2D eigenvalue weighted by atomic mass is 10.3. The molecule has 4 heteroatoms. The van der Waals surface area contributed by atoms with Gasteiger partial charge in [0, 0.05) is 18.7 Å². The third kappa shape index (κ3) is 2.79. The minimum atomic E-state index is 0.755. The molecule has 0 fully saturated rings. The van der Waals surface area contributed by atoms with Gasteiger partial charge in [0.05, 0.1) is 4.47 Å². The van der Waals surface area contributed by atoms with Gasteiger partial charge in [-0.3, -0.25) is 0 Å². The van der Waals surface area contributed by atoms with E-state index in [2.05, 4.69) is 26.2 Å². The normalized spacial score (nSPS) is 10.8. The van der Waals surface area contributed by atoms with Gasteiger partial charge in [0.2, 0.25) is 0 Å². The van der Waals surface area contributed by atoms with Crippen molar-refractivity contribution in [3.05, 3.63) is 58.9 Å². The Bertz CT molecular complexity index is 679. The number of halogens is 1. The van der Waals surface area contributed by atoms with Crippen molar-refractivity contribution in [1.29, 1.82) is 0 Å². The summed E-state index contributed by atoms with van der Waals surface area (Å²) >= 11 is 3.47. The highest BCUT2D eigenvalue weighted by Crippen LogP contribution is 2.24. The Morgan fingerprint density at radius 1 is 1.05 bits per heavy atom. The first kappa shape index (κ1) is 12.2. The van der Waals surface area contributed by atoms with Gasteiger partial charge in [-0.05, 0) is 40.2 Å². The summed E-state index contributed by atoms with van der Waals surface area (Å²) < 4.78 is 6.68. The van der Waals surface area contributed by atoms with E-state index in [1.54, 1.807) is 0 Å². The predicted molar refractivity (Wildman–Crippen MR) is 80.3 cm³/mol. The number of rotatable bonds is 4. The summed E-state index contributed by atoms with van der Waals surface area (Å²) in [6.07, 6.45) is 0.760. The standard InChI is InChI=1S/C15H13BrN2O/c16-12-7-4-8-13-15(12)19-14(18-13)9-10-17-11-5-2-1-3-6-11/h1-8,17H,9-10H2. The SMILES string of the molecule is Brc1cccc2nc(CCNc3ccccc3)oc12. The number of benzene rings is 2. The zero-order valence-electron chi connectivity index (χ0n) is 10.3. The van der Waals surface area contributed by atoms with Crippen LogP contribution in [-0.4, -0.2) is 11.5 Å². The molecule has 1 heterocycles. The molecule has 0 radical (unpaired) electrons. The molecule has 3 nitrogen and oxygen atoms in total. The lowest BCUT2D eigenvalue weighted by Gasteiger charge is -2.03. The molecule has 3 aromatic rings. The summed E-state index contributed by atoms with van der Waals surface area (Å²) in [6, 6.07) is 16.0. The summed E-state index contributed by atoms with van der Waals surface area (Å²) in [5.74, 6) is 0.755. The maximum absolute atomic E-state index is 5.74. The lowest BCUT2D eigenvalue weighted by molar-refractivity contribution is 0.532. The first-order chi connectivity index (χ1) is 9.33. The summed E-state index contributed by atoms with van der Waals surface area (Å²) in [7, 11) is 0. The fraction of sp³-hybridized carbons (Fsp3) is 0.133.